The van der Waals surface area contributed by atoms with Crippen molar-refractivity contribution in [3.8, 4) is 0 Å². The van der Waals surface area contributed by atoms with Crippen LogP contribution in [-0.4, -0.2) is 16.9 Å². The molecule has 0 aliphatic carbocycles. The summed E-state index contributed by atoms with van der Waals surface area (Å²) in [6, 6.07) is 0.463. The number of ketones is 1. The number of halogens is 24. The van der Waals surface area contributed by atoms with Gasteiger partial charge in [0.1, 0.15) is 11.8 Å². The molecule has 0 aliphatic heterocycles. The highest BCUT2D eigenvalue weighted by Gasteiger charge is 2.47. The van der Waals surface area contributed by atoms with Crippen molar-refractivity contribution in [2.45, 2.75) is 61.7 Å². The number of nitrogens with zero attached hydrogens (tertiary/aromatic N) is 2. The number of aromatic nitrogens is 2. The quantitative estimate of drug-likeness (QED) is 0.0542. The van der Waals surface area contributed by atoms with E-state index in [9.17, 15) is 110 Å². The summed E-state index contributed by atoms with van der Waals surface area (Å²) >= 11 is 4.16. The Morgan fingerprint density at radius 2 is 0.676 bits per heavy atom. The van der Waals surface area contributed by atoms with Gasteiger partial charge >= 0.3 is 49.4 Å². The van der Waals surface area contributed by atoms with Gasteiger partial charge in [0.25, 0.3) is 0 Å². The summed E-state index contributed by atoms with van der Waals surface area (Å²) in [6.07, 6.45) is -49.5. The van der Waals surface area contributed by atoms with Crippen molar-refractivity contribution < 1.29 is 115 Å². The van der Waals surface area contributed by atoms with Crippen LogP contribution in [0.15, 0.2) is 122 Å². The summed E-state index contributed by atoms with van der Waals surface area (Å²) < 4.78 is 343. The first kappa shape index (κ1) is 58.5. The van der Waals surface area contributed by atoms with E-state index in [1.54, 1.807) is 12.4 Å². The molecule has 0 spiro atoms. The van der Waals surface area contributed by atoms with Crippen molar-refractivity contribution in [2.24, 2.45) is 0 Å². The molecular formula is C45H25BF24N2OS. The van der Waals surface area contributed by atoms with E-state index in [0.717, 1.165) is 11.3 Å². The highest BCUT2D eigenvalue weighted by Crippen LogP contribution is 2.41. The number of benzene rings is 5. The lowest BCUT2D eigenvalue weighted by molar-refractivity contribution is -0.684. The lowest BCUT2D eigenvalue weighted by Gasteiger charge is -2.46. The number of carbonyl (C=O) groups is 1. The van der Waals surface area contributed by atoms with Crippen LogP contribution in [0.2, 0.25) is 0 Å². The molecule has 29 heteroatoms. The van der Waals surface area contributed by atoms with E-state index in [0.29, 0.717) is 12.3 Å². The number of rotatable bonds is 8. The van der Waals surface area contributed by atoms with Crippen molar-refractivity contribution in [3.05, 3.63) is 177 Å². The predicted octanol–water partition coefficient (Wildman–Crippen LogP) is 12.9. The Morgan fingerprint density at radius 3 is 0.905 bits per heavy atom. The minimum atomic E-state index is -6.13. The summed E-state index contributed by atoms with van der Waals surface area (Å²) in [5, 5.41) is 0. The summed E-state index contributed by atoms with van der Waals surface area (Å²) in [6.45, 7) is 0.327. The maximum absolute atomic E-state index is 14.2. The molecule has 0 N–H and O–H groups in total. The first-order valence-corrected chi connectivity index (χ1v) is 20.6. The molecule has 1 heterocycles. The zero-order valence-electron chi connectivity index (χ0n) is 35.9. The molecule has 1 aromatic heterocycles. The average Bonchev–Trinajstić information content (AvgIpc) is 3.27. The van der Waals surface area contributed by atoms with Crippen LogP contribution in [0.25, 0.3) is 0 Å². The lowest BCUT2D eigenvalue weighted by Crippen LogP contribution is -2.75. The van der Waals surface area contributed by atoms with Crippen molar-refractivity contribution in [2.75, 3.05) is 0 Å². The Bertz CT molecular complexity index is 2550. The first-order chi connectivity index (χ1) is 33.6. The normalized spacial score (nSPS) is 13.4. The van der Waals surface area contributed by atoms with Crippen LogP contribution in [0.1, 0.15) is 60.6 Å². The van der Waals surface area contributed by atoms with Crippen molar-refractivity contribution in [1.82, 2.24) is 4.98 Å². The van der Waals surface area contributed by atoms with E-state index >= 15 is 0 Å². The van der Waals surface area contributed by atoms with Crippen LogP contribution in [0.3, 0.4) is 0 Å². The van der Waals surface area contributed by atoms with Gasteiger partial charge in [-0.15, -0.1) is 0 Å². The molecule has 0 fully saturated rings. The molecule has 398 valence electrons. The molecule has 0 atom stereocenters. The fourth-order valence-electron chi connectivity index (χ4n) is 7.61. The van der Waals surface area contributed by atoms with Gasteiger partial charge in [-0.1, -0.05) is 78.9 Å². The second-order valence-electron chi connectivity index (χ2n) is 15.9. The summed E-state index contributed by atoms with van der Waals surface area (Å²) in [7, 11) is 0. The van der Waals surface area contributed by atoms with Crippen molar-refractivity contribution >= 4 is 46.4 Å². The second kappa shape index (κ2) is 20.4. The molecule has 0 saturated heterocycles. The summed E-state index contributed by atoms with van der Waals surface area (Å²) in [5.41, 5.74) is -28.6. The van der Waals surface area contributed by atoms with Crippen molar-refractivity contribution in [1.29, 1.82) is 0 Å². The smallest absolute Gasteiger partial charge is 0.287 e. The number of carbonyl (C=O) groups excluding carboxylic acids is 1. The van der Waals surface area contributed by atoms with E-state index in [1.807, 2.05) is 41.1 Å². The van der Waals surface area contributed by atoms with Crippen LogP contribution in [0.5, 0.6) is 0 Å². The Balaban J connectivity index is 0.000000500. The Kier molecular flexibility index (Phi) is 16.1. The van der Waals surface area contributed by atoms with Gasteiger partial charge in [0.2, 0.25) is 12.3 Å². The largest absolute Gasteiger partial charge is 0.416 e. The maximum atomic E-state index is 14.2. The molecule has 0 amide bonds. The number of hydrogen-bond acceptors (Lipinski definition) is 3. The maximum Gasteiger partial charge on any atom is 0.416 e. The Labute approximate surface area is 404 Å². The third-order valence-electron chi connectivity index (χ3n) is 10.8. The van der Waals surface area contributed by atoms with Gasteiger partial charge in [-0.2, -0.15) is 144 Å². The van der Waals surface area contributed by atoms with E-state index in [4.69, 9.17) is 0 Å². The highest BCUT2D eigenvalue weighted by molar-refractivity contribution is 7.79. The molecule has 0 unspecified atom stereocenters. The van der Waals surface area contributed by atoms with E-state index < -0.39 is 195 Å². The predicted molar refractivity (Wildman–Crippen MR) is 218 cm³/mol. The molecule has 74 heavy (non-hydrogen) atoms. The van der Waals surface area contributed by atoms with Crippen LogP contribution in [0, 0.1) is 0 Å². The highest BCUT2D eigenvalue weighted by atomic mass is 32.1. The Morgan fingerprint density at radius 1 is 0.419 bits per heavy atom. The van der Waals surface area contributed by atoms with Gasteiger partial charge in [-0.05, 0) is 24.3 Å². The molecule has 0 aliphatic rings. The summed E-state index contributed by atoms with van der Waals surface area (Å²) in [5.74, 6) is 0.660. The van der Waals surface area contributed by atoms with E-state index in [2.05, 4.69) is 17.6 Å². The zero-order valence-corrected chi connectivity index (χ0v) is 36.8. The SMILES string of the molecule is FC(F)(F)c1cc([B-](c2cc(C(F)(F)F)cc(C(F)(F)F)c2)(c2cc(C(F)(F)F)cc(C(F)(F)F)c2)c2cc(C(F)(F)F)cc(C(F)(F)F)c2)cc(C(F)(F)F)c1.O=C(C[n+]1ccnc(CS)c1)c1ccccc1. The molecular weight excluding hydrogens is 1080 g/mol. The number of thiol groups is 1. The number of hydrogen-bond donors (Lipinski definition) is 1. The first-order valence-electron chi connectivity index (χ1n) is 19.9. The summed E-state index contributed by atoms with van der Waals surface area (Å²) in [4.78, 5) is 16.1. The molecule has 0 bridgehead atoms. The topological polar surface area (TPSA) is 33.8 Å². The van der Waals surface area contributed by atoms with Crippen LogP contribution in [-0.2, 0) is 61.7 Å². The third-order valence-corrected chi connectivity index (χ3v) is 11.2. The molecule has 3 nitrogen and oxygen atoms in total. The van der Waals surface area contributed by atoms with Gasteiger partial charge in [0.15, 0.2) is 12.4 Å². The number of alkyl halides is 24. The minimum Gasteiger partial charge on any atom is -0.287 e. The molecule has 6 rings (SSSR count). The minimum absolute atomic E-state index is 0.0897. The monoisotopic (exact) mass is 1110 g/mol. The average molecular weight is 1110 g/mol. The van der Waals surface area contributed by atoms with Gasteiger partial charge in [0.05, 0.1) is 50.7 Å². The molecule has 5 aromatic carbocycles. The van der Waals surface area contributed by atoms with Crippen LogP contribution >= 0.6 is 12.6 Å². The van der Waals surface area contributed by atoms with E-state index in [-0.39, 0.29) is 5.78 Å². The molecule has 0 radical (unpaired) electrons. The fraction of sp³-hybridized carbons (Fsp3) is 0.222. The van der Waals surface area contributed by atoms with Crippen LogP contribution < -0.4 is 26.4 Å². The standard InChI is InChI=1S/C32H12BF24.C13H12N2OS/c34-25(35,36)13-1-14(26(37,38)39)6-21(5-13)33(22-7-15(27(40,41)42)2-16(8-22)28(43,44)45,23-9-17(29(46,47)48)3-18(10-23)30(49,50)51)24-11-19(31(52,53)54)4-20(12-24)32(55,56)57;16-13(11-4-2-1-3-5-11)9-15-7-6-14-12(8-15)10-17/h1-12H;1-8H,9-10H2/q-1;/p+1. The number of Topliss-reactive ketones (excluding diaryl/α,β-unsaturated/α-hetero) is 1. The lowest BCUT2D eigenvalue weighted by atomic mass is 9.12. The second-order valence-corrected chi connectivity index (χ2v) is 16.2. The third kappa shape index (κ3) is 13.6. The van der Waals surface area contributed by atoms with Gasteiger partial charge in [0, 0.05) is 11.3 Å². The zero-order chi connectivity index (χ0) is 56.0. The van der Waals surface area contributed by atoms with Crippen molar-refractivity contribution in [3.63, 3.8) is 0 Å². The van der Waals surface area contributed by atoms with E-state index in [1.165, 1.54) is 0 Å². The van der Waals surface area contributed by atoms with Crippen LogP contribution in [0.4, 0.5) is 105 Å². The van der Waals surface area contributed by atoms with Gasteiger partial charge in [-0.3, -0.25) is 4.79 Å². The molecule has 6 aromatic rings. The van der Waals surface area contributed by atoms with Gasteiger partial charge in [-0.25, -0.2) is 4.98 Å². The Hall–Kier alpha value is -6.42. The molecule has 0 saturated carbocycles. The fourth-order valence-corrected chi connectivity index (χ4v) is 7.78. The van der Waals surface area contributed by atoms with Gasteiger partial charge < -0.3 is 0 Å².